The van der Waals surface area contributed by atoms with Gasteiger partial charge < -0.3 is 19.1 Å². The minimum absolute atomic E-state index is 0.0764. The Kier molecular flexibility index (Phi) is 4.69. The second-order valence-electron chi connectivity index (χ2n) is 6.66. The van der Waals surface area contributed by atoms with Crippen LogP contribution in [0.15, 0.2) is 18.2 Å². The van der Waals surface area contributed by atoms with E-state index in [4.69, 9.17) is 14.2 Å². The van der Waals surface area contributed by atoms with E-state index < -0.39 is 0 Å². The van der Waals surface area contributed by atoms with E-state index in [0.717, 1.165) is 25.1 Å². The maximum atomic E-state index is 12.4. The van der Waals surface area contributed by atoms with Gasteiger partial charge in [0.25, 0.3) is 0 Å². The van der Waals surface area contributed by atoms with Crippen molar-refractivity contribution < 1.29 is 19.0 Å². The number of nitrogens with zero attached hydrogens (tertiary/aromatic N) is 1. The number of methoxy groups -OCH3 is 3. The van der Waals surface area contributed by atoms with Gasteiger partial charge in [-0.25, -0.2) is 0 Å². The van der Waals surface area contributed by atoms with Crippen LogP contribution in [0.25, 0.3) is 6.08 Å². The molecule has 0 radical (unpaired) electrons. The maximum absolute atomic E-state index is 12.4. The smallest absolute Gasteiger partial charge is 0.246 e. The molecule has 1 heterocycles. The molecule has 1 spiro atoms. The van der Waals surface area contributed by atoms with Crippen molar-refractivity contribution in [3.05, 3.63) is 23.8 Å². The largest absolute Gasteiger partial charge is 0.493 e. The highest BCUT2D eigenvalue weighted by Gasteiger charge is 2.43. The lowest BCUT2D eigenvalue weighted by atomic mass is 9.68. The normalized spacial score (nSPS) is 18.7. The first-order chi connectivity index (χ1) is 11.6. The summed E-state index contributed by atoms with van der Waals surface area (Å²) in [7, 11) is 4.74. The summed E-state index contributed by atoms with van der Waals surface area (Å²) >= 11 is 0. The Hall–Kier alpha value is -2.17. The average Bonchev–Trinajstić information content (AvgIpc) is 3.04. The van der Waals surface area contributed by atoms with Gasteiger partial charge in [0, 0.05) is 19.2 Å². The molecular formula is C19H25NO4. The Bertz CT molecular complexity index is 624. The topological polar surface area (TPSA) is 48.0 Å². The van der Waals surface area contributed by atoms with Gasteiger partial charge in [0.1, 0.15) is 0 Å². The van der Waals surface area contributed by atoms with Crippen LogP contribution >= 0.6 is 0 Å². The summed E-state index contributed by atoms with van der Waals surface area (Å²) in [5.41, 5.74) is 1.27. The molecule has 2 aliphatic rings. The molecule has 0 N–H and O–H groups in total. The molecule has 1 saturated carbocycles. The number of rotatable bonds is 5. The third-order valence-corrected chi connectivity index (χ3v) is 5.27. The third kappa shape index (κ3) is 3.07. The number of ether oxygens (including phenoxy) is 3. The highest BCUT2D eigenvalue weighted by atomic mass is 16.5. The van der Waals surface area contributed by atoms with E-state index in [-0.39, 0.29) is 5.91 Å². The van der Waals surface area contributed by atoms with Crippen molar-refractivity contribution in [1.29, 1.82) is 0 Å². The van der Waals surface area contributed by atoms with Gasteiger partial charge in [-0.15, -0.1) is 0 Å². The van der Waals surface area contributed by atoms with Gasteiger partial charge in [0.15, 0.2) is 11.5 Å². The van der Waals surface area contributed by atoms with Crippen LogP contribution in [0.2, 0.25) is 0 Å². The molecule has 2 fully saturated rings. The SMILES string of the molecule is COc1cc(/C=C/C(=O)N2CCC3(CCC3)C2)cc(OC)c1OC. The molecule has 0 aromatic heterocycles. The van der Waals surface area contributed by atoms with Crippen molar-refractivity contribution in [2.24, 2.45) is 5.41 Å². The highest BCUT2D eigenvalue weighted by Crippen LogP contribution is 2.48. The fourth-order valence-electron chi connectivity index (χ4n) is 3.68. The molecule has 0 bridgehead atoms. The number of carbonyl (C=O) groups is 1. The van der Waals surface area contributed by atoms with Crippen LogP contribution in [0.3, 0.4) is 0 Å². The van der Waals surface area contributed by atoms with Crippen LogP contribution in [0, 0.1) is 5.41 Å². The van der Waals surface area contributed by atoms with Crippen molar-refractivity contribution in [1.82, 2.24) is 4.90 Å². The predicted molar refractivity (Wildman–Crippen MR) is 92.6 cm³/mol. The Balaban J connectivity index is 1.73. The molecule has 5 heteroatoms. The molecule has 1 aromatic carbocycles. The van der Waals surface area contributed by atoms with Crippen molar-refractivity contribution in [2.75, 3.05) is 34.4 Å². The Morgan fingerprint density at radius 1 is 1.08 bits per heavy atom. The van der Waals surface area contributed by atoms with Crippen LogP contribution in [-0.2, 0) is 4.79 Å². The van der Waals surface area contributed by atoms with Gasteiger partial charge in [-0.2, -0.15) is 0 Å². The monoisotopic (exact) mass is 331 g/mol. The van der Waals surface area contributed by atoms with Crippen molar-refractivity contribution in [3.8, 4) is 17.2 Å². The molecule has 1 aromatic rings. The van der Waals surface area contributed by atoms with Crippen LogP contribution < -0.4 is 14.2 Å². The van der Waals surface area contributed by atoms with Gasteiger partial charge in [-0.05, 0) is 48.4 Å². The Morgan fingerprint density at radius 2 is 1.75 bits per heavy atom. The summed E-state index contributed by atoms with van der Waals surface area (Å²) in [6.07, 6.45) is 8.44. The summed E-state index contributed by atoms with van der Waals surface area (Å²) < 4.78 is 16.0. The lowest BCUT2D eigenvalue weighted by Gasteiger charge is -2.37. The van der Waals surface area contributed by atoms with E-state index in [1.54, 1.807) is 33.5 Å². The molecule has 0 unspecified atom stereocenters. The lowest BCUT2D eigenvalue weighted by Crippen LogP contribution is -2.35. The van der Waals surface area contributed by atoms with E-state index in [2.05, 4.69) is 0 Å². The van der Waals surface area contributed by atoms with Gasteiger partial charge in [-0.3, -0.25) is 4.79 Å². The minimum atomic E-state index is 0.0764. The Labute approximate surface area is 143 Å². The average molecular weight is 331 g/mol. The van der Waals surface area contributed by atoms with E-state index in [9.17, 15) is 4.79 Å². The standard InChI is InChI=1S/C19H25NO4/c1-22-15-11-14(12-16(23-2)18(15)24-3)5-6-17(21)20-10-9-19(13-20)7-4-8-19/h5-6,11-12H,4,7-10,13H2,1-3H3/b6-5+. The molecule has 0 atom stereocenters. The number of hydrogen-bond acceptors (Lipinski definition) is 4. The van der Waals surface area contributed by atoms with E-state index in [1.165, 1.54) is 19.3 Å². The van der Waals surface area contributed by atoms with Gasteiger partial charge in [0.2, 0.25) is 11.7 Å². The molecule has 1 amide bonds. The van der Waals surface area contributed by atoms with E-state index >= 15 is 0 Å². The van der Waals surface area contributed by atoms with Crippen LogP contribution in [0.4, 0.5) is 0 Å². The molecule has 1 aliphatic heterocycles. The quantitative estimate of drug-likeness (QED) is 0.778. The summed E-state index contributed by atoms with van der Waals surface area (Å²) in [5, 5.41) is 0. The summed E-state index contributed by atoms with van der Waals surface area (Å²) in [6.45, 7) is 1.78. The fraction of sp³-hybridized carbons (Fsp3) is 0.526. The van der Waals surface area contributed by atoms with E-state index in [0.29, 0.717) is 22.7 Å². The van der Waals surface area contributed by atoms with Gasteiger partial charge in [-0.1, -0.05) is 6.42 Å². The third-order valence-electron chi connectivity index (χ3n) is 5.27. The zero-order valence-electron chi connectivity index (χ0n) is 14.6. The molecule has 130 valence electrons. The first-order valence-electron chi connectivity index (χ1n) is 8.38. The van der Waals surface area contributed by atoms with Gasteiger partial charge >= 0.3 is 0 Å². The second kappa shape index (κ2) is 6.75. The summed E-state index contributed by atoms with van der Waals surface area (Å²) in [6, 6.07) is 3.67. The number of carbonyl (C=O) groups excluding carboxylic acids is 1. The lowest BCUT2D eigenvalue weighted by molar-refractivity contribution is -0.125. The maximum Gasteiger partial charge on any atom is 0.246 e. The molecule has 1 saturated heterocycles. The number of amides is 1. The zero-order valence-corrected chi connectivity index (χ0v) is 14.6. The number of likely N-dealkylation sites (tertiary alicyclic amines) is 1. The van der Waals surface area contributed by atoms with Crippen LogP contribution in [0.5, 0.6) is 17.2 Å². The molecule has 1 aliphatic carbocycles. The van der Waals surface area contributed by atoms with Crippen molar-refractivity contribution >= 4 is 12.0 Å². The highest BCUT2D eigenvalue weighted by molar-refractivity contribution is 5.92. The van der Waals surface area contributed by atoms with Gasteiger partial charge in [0.05, 0.1) is 21.3 Å². The number of benzene rings is 1. The zero-order chi connectivity index (χ0) is 17.2. The Morgan fingerprint density at radius 3 is 2.21 bits per heavy atom. The minimum Gasteiger partial charge on any atom is -0.493 e. The fourth-order valence-corrected chi connectivity index (χ4v) is 3.68. The first kappa shape index (κ1) is 16.7. The number of hydrogen-bond donors (Lipinski definition) is 0. The van der Waals surface area contributed by atoms with Crippen LogP contribution in [-0.4, -0.2) is 45.2 Å². The van der Waals surface area contributed by atoms with E-state index in [1.807, 2.05) is 17.0 Å². The molecule has 24 heavy (non-hydrogen) atoms. The van der Waals surface area contributed by atoms with Crippen LogP contribution in [0.1, 0.15) is 31.2 Å². The molecular weight excluding hydrogens is 306 g/mol. The predicted octanol–water partition coefficient (Wildman–Crippen LogP) is 3.13. The van der Waals surface area contributed by atoms with Crippen molar-refractivity contribution in [2.45, 2.75) is 25.7 Å². The molecule has 5 nitrogen and oxygen atoms in total. The summed E-state index contributed by atoms with van der Waals surface area (Å²) in [4.78, 5) is 14.4. The molecule has 3 rings (SSSR count). The summed E-state index contributed by atoms with van der Waals surface area (Å²) in [5.74, 6) is 1.79. The van der Waals surface area contributed by atoms with Crippen molar-refractivity contribution in [3.63, 3.8) is 0 Å². The first-order valence-corrected chi connectivity index (χ1v) is 8.38. The second-order valence-corrected chi connectivity index (χ2v) is 6.66.